The van der Waals surface area contributed by atoms with E-state index >= 15 is 0 Å². The summed E-state index contributed by atoms with van der Waals surface area (Å²) >= 11 is 6.13. The Labute approximate surface area is 215 Å². The van der Waals surface area contributed by atoms with Crippen LogP contribution < -0.4 is 10.6 Å². The number of carbonyl (C=O) groups excluding carboxylic acids is 2. The SMILES string of the molecule is Cn1cncc1CC(NC(=O)C=Cc1cc(Cl)ccc1-n1cnnn1)C(=O)Nc1ccc(C(=O)O)cc1. The number of benzene rings is 2. The molecule has 0 bridgehead atoms. The third-order valence-electron chi connectivity index (χ3n) is 5.36. The molecule has 0 saturated carbocycles. The van der Waals surface area contributed by atoms with Crippen LogP contribution in [0, 0.1) is 0 Å². The van der Waals surface area contributed by atoms with E-state index in [1.165, 1.54) is 41.4 Å². The lowest BCUT2D eigenvalue weighted by molar-refractivity contribution is -0.123. The lowest BCUT2D eigenvalue weighted by Crippen LogP contribution is -2.45. The second-order valence-corrected chi connectivity index (χ2v) is 8.36. The Bertz CT molecular complexity index is 1450. The van der Waals surface area contributed by atoms with Crippen molar-refractivity contribution in [3.05, 3.63) is 89.2 Å². The molecule has 188 valence electrons. The number of aromatic nitrogens is 6. The average Bonchev–Trinajstić information content (AvgIpc) is 3.55. The smallest absolute Gasteiger partial charge is 0.335 e. The molecule has 2 aromatic heterocycles. The van der Waals surface area contributed by atoms with Gasteiger partial charge in [-0.05, 0) is 59.0 Å². The van der Waals surface area contributed by atoms with Gasteiger partial charge in [-0.3, -0.25) is 9.59 Å². The molecule has 0 aliphatic rings. The maximum absolute atomic E-state index is 13.1. The number of rotatable bonds is 9. The average molecular weight is 521 g/mol. The molecule has 0 saturated heterocycles. The molecule has 0 spiro atoms. The summed E-state index contributed by atoms with van der Waals surface area (Å²) in [5.74, 6) is -2.08. The van der Waals surface area contributed by atoms with Crippen LogP contribution in [-0.2, 0) is 23.1 Å². The Kier molecular flexibility index (Phi) is 7.69. The number of carboxylic acids is 1. The van der Waals surface area contributed by atoms with E-state index in [0.29, 0.717) is 22.0 Å². The third-order valence-corrected chi connectivity index (χ3v) is 5.60. The molecule has 0 radical (unpaired) electrons. The van der Waals surface area contributed by atoms with E-state index in [4.69, 9.17) is 16.7 Å². The van der Waals surface area contributed by atoms with Gasteiger partial charge in [0, 0.05) is 47.7 Å². The molecule has 13 heteroatoms. The Balaban J connectivity index is 1.52. The Morgan fingerprint density at radius 1 is 1.14 bits per heavy atom. The first-order valence-electron chi connectivity index (χ1n) is 10.9. The molecular weight excluding hydrogens is 500 g/mol. The summed E-state index contributed by atoms with van der Waals surface area (Å²) in [6.07, 6.45) is 7.61. The highest BCUT2D eigenvalue weighted by atomic mass is 35.5. The van der Waals surface area contributed by atoms with Crippen LogP contribution >= 0.6 is 11.6 Å². The molecule has 2 heterocycles. The zero-order valence-corrected chi connectivity index (χ0v) is 20.2. The fourth-order valence-corrected chi connectivity index (χ4v) is 3.63. The summed E-state index contributed by atoms with van der Waals surface area (Å²) < 4.78 is 3.18. The highest BCUT2D eigenvalue weighted by Gasteiger charge is 2.22. The molecule has 1 atom stereocenters. The fraction of sp³-hybridized carbons (Fsp3) is 0.125. The number of halogens is 1. The second kappa shape index (κ2) is 11.3. The number of nitrogens with zero attached hydrogens (tertiary/aromatic N) is 6. The van der Waals surface area contributed by atoms with Crippen LogP contribution in [0.25, 0.3) is 11.8 Å². The van der Waals surface area contributed by atoms with Gasteiger partial charge in [0.15, 0.2) is 0 Å². The lowest BCUT2D eigenvalue weighted by atomic mass is 10.1. The highest BCUT2D eigenvalue weighted by molar-refractivity contribution is 6.30. The number of aryl methyl sites for hydroxylation is 1. The van der Waals surface area contributed by atoms with Crippen LogP contribution in [0.1, 0.15) is 21.6 Å². The molecule has 12 nitrogen and oxygen atoms in total. The zero-order chi connectivity index (χ0) is 26.4. The van der Waals surface area contributed by atoms with Crippen LogP contribution in [-0.4, -0.2) is 58.7 Å². The van der Waals surface area contributed by atoms with Crippen molar-refractivity contribution in [1.29, 1.82) is 0 Å². The summed E-state index contributed by atoms with van der Waals surface area (Å²) in [4.78, 5) is 41.1. The first kappa shape index (κ1) is 25.3. The number of amides is 2. The number of tetrazole rings is 1. The molecule has 4 aromatic rings. The minimum absolute atomic E-state index is 0.0879. The van der Waals surface area contributed by atoms with Crippen LogP contribution in [0.2, 0.25) is 5.02 Å². The van der Waals surface area contributed by atoms with E-state index in [2.05, 4.69) is 31.1 Å². The first-order chi connectivity index (χ1) is 17.8. The normalized spacial score (nSPS) is 11.8. The van der Waals surface area contributed by atoms with Gasteiger partial charge in [0.1, 0.15) is 12.4 Å². The maximum Gasteiger partial charge on any atom is 0.335 e. The van der Waals surface area contributed by atoms with Gasteiger partial charge >= 0.3 is 5.97 Å². The van der Waals surface area contributed by atoms with Gasteiger partial charge < -0.3 is 20.3 Å². The van der Waals surface area contributed by atoms with Gasteiger partial charge in [0.2, 0.25) is 11.8 Å². The maximum atomic E-state index is 13.1. The third kappa shape index (κ3) is 6.44. The number of anilines is 1. The Morgan fingerprint density at radius 3 is 2.57 bits per heavy atom. The van der Waals surface area contributed by atoms with Gasteiger partial charge in [-0.2, -0.15) is 4.68 Å². The van der Waals surface area contributed by atoms with Crippen molar-refractivity contribution < 1.29 is 19.5 Å². The van der Waals surface area contributed by atoms with Crippen molar-refractivity contribution in [2.24, 2.45) is 7.05 Å². The number of aromatic carboxylic acids is 1. The standard InChI is InChI=1S/C24H21ClN8O4/c1-32-13-26-12-19(32)11-20(23(35)28-18-6-2-15(3-7-18)24(36)37)29-22(34)9-4-16-10-17(25)5-8-21(16)33-14-27-30-31-33/h2-10,12-14,20H,11H2,1H3,(H,28,35)(H,29,34)(H,36,37). The largest absolute Gasteiger partial charge is 0.478 e. The molecule has 37 heavy (non-hydrogen) atoms. The monoisotopic (exact) mass is 520 g/mol. The molecule has 2 amide bonds. The molecule has 2 aromatic carbocycles. The van der Waals surface area contributed by atoms with Gasteiger partial charge in [-0.15, -0.1) is 5.10 Å². The molecule has 0 aliphatic carbocycles. The van der Waals surface area contributed by atoms with E-state index in [1.54, 1.807) is 48.4 Å². The molecule has 3 N–H and O–H groups in total. The second-order valence-electron chi connectivity index (χ2n) is 7.92. The van der Waals surface area contributed by atoms with Crippen molar-refractivity contribution in [2.45, 2.75) is 12.5 Å². The van der Waals surface area contributed by atoms with Crippen LogP contribution in [0.15, 0.2) is 67.4 Å². The number of carbonyl (C=O) groups is 3. The summed E-state index contributed by atoms with van der Waals surface area (Å²) in [6.45, 7) is 0. The topological polar surface area (TPSA) is 157 Å². The van der Waals surface area contributed by atoms with Crippen molar-refractivity contribution in [3.8, 4) is 5.69 Å². The number of hydrogen-bond acceptors (Lipinski definition) is 7. The summed E-state index contributed by atoms with van der Waals surface area (Å²) in [6, 6.07) is 9.80. The fourth-order valence-electron chi connectivity index (χ4n) is 3.45. The summed E-state index contributed by atoms with van der Waals surface area (Å²) in [5, 5.41) is 26.1. The molecular formula is C24H21ClN8O4. The predicted molar refractivity (Wildman–Crippen MR) is 134 cm³/mol. The Hall–Kier alpha value is -4.84. The molecule has 1 unspecified atom stereocenters. The minimum atomic E-state index is -1.08. The molecule has 0 fully saturated rings. The van der Waals surface area contributed by atoms with E-state index in [-0.39, 0.29) is 12.0 Å². The summed E-state index contributed by atoms with van der Waals surface area (Å²) in [7, 11) is 1.78. The number of nitrogens with one attached hydrogen (secondary N) is 2. The van der Waals surface area contributed by atoms with Crippen molar-refractivity contribution in [1.82, 2.24) is 35.1 Å². The van der Waals surface area contributed by atoms with Crippen molar-refractivity contribution >= 4 is 41.1 Å². The minimum Gasteiger partial charge on any atom is -0.478 e. The summed E-state index contributed by atoms with van der Waals surface area (Å²) in [5.41, 5.74) is 2.39. The van der Waals surface area contributed by atoms with Gasteiger partial charge in [-0.25, -0.2) is 9.78 Å². The highest BCUT2D eigenvalue weighted by Crippen LogP contribution is 2.20. The van der Waals surface area contributed by atoms with E-state index in [0.717, 1.165) is 5.69 Å². The van der Waals surface area contributed by atoms with E-state index in [1.807, 2.05) is 0 Å². The lowest BCUT2D eigenvalue weighted by Gasteiger charge is -2.18. The van der Waals surface area contributed by atoms with Crippen molar-refractivity contribution in [2.75, 3.05) is 5.32 Å². The molecule has 0 aliphatic heterocycles. The zero-order valence-electron chi connectivity index (χ0n) is 19.4. The number of imidazole rings is 1. The van der Waals surface area contributed by atoms with Crippen LogP contribution in [0.3, 0.4) is 0 Å². The predicted octanol–water partition coefficient (Wildman–Crippen LogP) is 2.13. The van der Waals surface area contributed by atoms with Gasteiger partial charge in [-0.1, -0.05) is 11.6 Å². The number of hydrogen-bond donors (Lipinski definition) is 3. The Morgan fingerprint density at radius 2 is 1.92 bits per heavy atom. The van der Waals surface area contributed by atoms with Crippen LogP contribution in [0.4, 0.5) is 5.69 Å². The van der Waals surface area contributed by atoms with E-state index < -0.39 is 23.8 Å². The number of carboxylic acid groups (broad SMARTS) is 1. The quantitative estimate of drug-likeness (QED) is 0.283. The van der Waals surface area contributed by atoms with Crippen LogP contribution in [0.5, 0.6) is 0 Å². The van der Waals surface area contributed by atoms with Gasteiger partial charge in [0.05, 0.1) is 17.6 Å². The first-order valence-corrected chi connectivity index (χ1v) is 11.3. The van der Waals surface area contributed by atoms with E-state index in [9.17, 15) is 14.4 Å². The molecule has 4 rings (SSSR count). The van der Waals surface area contributed by atoms with Gasteiger partial charge in [0.25, 0.3) is 0 Å². The van der Waals surface area contributed by atoms with Crippen molar-refractivity contribution in [3.63, 3.8) is 0 Å².